The number of alkyl halides is 3. The van der Waals surface area contributed by atoms with Crippen molar-refractivity contribution in [2.45, 2.75) is 38.5 Å². The van der Waals surface area contributed by atoms with Crippen LogP contribution in [0.1, 0.15) is 46.4 Å². The van der Waals surface area contributed by atoms with E-state index in [4.69, 9.17) is 21.0 Å². The SMILES string of the molecule is CC(=N)OC(=N)c1cccc(N/C=C\C(=N)N(C(=O)c2cccs2)C2CCN(Cc3cccc(C(F)(F)F)n3)CC2)c1. The van der Waals surface area contributed by atoms with Gasteiger partial charge in [0.05, 0.1) is 10.6 Å². The highest BCUT2D eigenvalue weighted by molar-refractivity contribution is 7.12. The highest BCUT2D eigenvalue weighted by Crippen LogP contribution is 2.28. The molecule has 220 valence electrons. The topological polar surface area (TPSA) is 129 Å². The first-order valence-corrected chi connectivity index (χ1v) is 14.0. The molecular formula is C29H30F3N7O2S. The van der Waals surface area contributed by atoms with E-state index in [0.29, 0.717) is 47.8 Å². The average molecular weight is 598 g/mol. The number of piperidine rings is 1. The second-order valence-corrected chi connectivity index (χ2v) is 10.6. The van der Waals surface area contributed by atoms with Crippen molar-refractivity contribution < 1.29 is 22.7 Å². The van der Waals surface area contributed by atoms with E-state index in [1.807, 2.05) is 4.90 Å². The summed E-state index contributed by atoms with van der Waals surface area (Å²) in [4.78, 5) is 21.2. The van der Waals surface area contributed by atoms with E-state index in [0.717, 1.165) is 6.07 Å². The second-order valence-electron chi connectivity index (χ2n) is 9.60. The molecule has 1 fully saturated rings. The van der Waals surface area contributed by atoms with Gasteiger partial charge in [0.15, 0.2) is 5.90 Å². The van der Waals surface area contributed by atoms with Crippen LogP contribution in [0.4, 0.5) is 18.9 Å². The molecule has 0 radical (unpaired) electrons. The molecule has 0 atom stereocenters. The molecule has 13 heteroatoms. The lowest BCUT2D eigenvalue weighted by Gasteiger charge is -2.37. The lowest BCUT2D eigenvalue weighted by Crippen LogP contribution is -2.49. The molecule has 2 aromatic heterocycles. The van der Waals surface area contributed by atoms with Crippen LogP contribution >= 0.6 is 11.3 Å². The summed E-state index contributed by atoms with van der Waals surface area (Å²) < 4.78 is 44.2. The zero-order valence-corrected chi connectivity index (χ0v) is 23.6. The van der Waals surface area contributed by atoms with Crippen LogP contribution in [-0.4, -0.2) is 57.5 Å². The van der Waals surface area contributed by atoms with E-state index in [2.05, 4.69) is 10.3 Å². The molecule has 0 unspecified atom stereocenters. The third-order valence-electron chi connectivity index (χ3n) is 6.49. The van der Waals surface area contributed by atoms with Crippen LogP contribution in [0.2, 0.25) is 0 Å². The fourth-order valence-corrected chi connectivity index (χ4v) is 5.20. The number of thiophene rings is 1. The Morgan fingerprint density at radius 2 is 1.88 bits per heavy atom. The maximum Gasteiger partial charge on any atom is 0.433 e. The number of hydrogen-bond donors (Lipinski definition) is 4. The fraction of sp³-hybridized carbons (Fsp3) is 0.276. The molecule has 0 spiro atoms. The second kappa shape index (κ2) is 13.5. The van der Waals surface area contributed by atoms with Crippen LogP contribution in [0.25, 0.3) is 0 Å². The minimum atomic E-state index is -4.51. The number of aromatic nitrogens is 1. The molecule has 42 heavy (non-hydrogen) atoms. The number of rotatable bonds is 8. The molecule has 0 aliphatic carbocycles. The third kappa shape index (κ3) is 8.10. The van der Waals surface area contributed by atoms with E-state index in [1.165, 1.54) is 41.5 Å². The lowest BCUT2D eigenvalue weighted by molar-refractivity contribution is -0.141. The normalized spacial score (nSPS) is 14.5. The quantitative estimate of drug-likeness (QED) is 0.181. The van der Waals surface area contributed by atoms with Gasteiger partial charge in [-0.15, -0.1) is 11.3 Å². The maximum atomic E-state index is 13.4. The van der Waals surface area contributed by atoms with E-state index in [-0.39, 0.29) is 36.1 Å². The Kier molecular flexibility index (Phi) is 9.86. The molecule has 0 bridgehead atoms. The average Bonchev–Trinajstić information content (AvgIpc) is 3.49. The Hall–Kier alpha value is -4.36. The number of halogens is 3. The first kappa shape index (κ1) is 30.6. The molecule has 1 amide bonds. The summed E-state index contributed by atoms with van der Waals surface area (Å²) >= 11 is 1.29. The van der Waals surface area contributed by atoms with Gasteiger partial charge in [-0.3, -0.25) is 30.8 Å². The molecule has 1 aliphatic heterocycles. The fourth-order valence-electron chi connectivity index (χ4n) is 4.54. The molecule has 1 aliphatic rings. The monoisotopic (exact) mass is 597 g/mol. The van der Waals surface area contributed by atoms with Crippen molar-refractivity contribution in [1.29, 1.82) is 16.2 Å². The Labute approximate surface area is 245 Å². The number of carbonyl (C=O) groups excluding carboxylic acids is 1. The van der Waals surface area contributed by atoms with Crippen LogP contribution in [-0.2, 0) is 17.5 Å². The number of nitrogens with zero attached hydrogens (tertiary/aromatic N) is 3. The predicted molar refractivity (Wildman–Crippen MR) is 156 cm³/mol. The van der Waals surface area contributed by atoms with Gasteiger partial charge in [0.1, 0.15) is 11.5 Å². The molecule has 3 aromatic rings. The van der Waals surface area contributed by atoms with Gasteiger partial charge in [-0.25, -0.2) is 4.98 Å². The number of pyridine rings is 1. The number of amides is 1. The van der Waals surface area contributed by atoms with Gasteiger partial charge < -0.3 is 10.1 Å². The van der Waals surface area contributed by atoms with Gasteiger partial charge in [0.2, 0.25) is 5.90 Å². The van der Waals surface area contributed by atoms with Crippen molar-refractivity contribution in [2.75, 3.05) is 18.4 Å². The van der Waals surface area contributed by atoms with Crippen molar-refractivity contribution in [3.05, 3.63) is 94.1 Å². The summed E-state index contributed by atoms with van der Waals surface area (Å²) in [5, 5.41) is 29.0. The number of likely N-dealkylation sites (tertiary alicyclic amines) is 1. The molecule has 9 nitrogen and oxygen atoms in total. The van der Waals surface area contributed by atoms with Crippen LogP contribution in [0.15, 0.2) is 72.3 Å². The number of benzene rings is 1. The van der Waals surface area contributed by atoms with E-state index in [1.54, 1.807) is 47.8 Å². The number of anilines is 1. The Morgan fingerprint density at radius 3 is 2.55 bits per heavy atom. The van der Waals surface area contributed by atoms with Gasteiger partial charge in [-0.1, -0.05) is 18.2 Å². The number of nitrogens with one attached hydrogen (secondary N) is 4. The number of carbonyl (C=O) groups is 1. The Balaban J connectivity index is 1.42. The molecule has 4 rings (SSSR count). The minimum absolute atomic E-state index is 0.00874. The highest BCUT2D eigenvalue weighted by atomic mass is 32.1. The van der Waals surface area contributed by atoms with Crippen LogP contribution in [0.5, 0.6) is 0 Å². The summed E-state index contributed by atoms with van der Waals surface area (Å²) in [5.41, 5.74) is 0.503. The minimum Gasteiger partial charge on any atom is -0.426 e. The predicted octanol–water partition coefficient (Wildman–Crippen LogP) is 6.21. The van der Waals surface area contributed by atoms with Crippen molar-refractivity contribution in [3.8, 4) is 0 Å². The molecule has 3 heterocycles. The number of ether oxygens (including phenoxy) is 1. The van der Waals surface area contributed by atoms with Gasteiger partial charge >= 0.3 is 6.18 Å². The van der Waals surface area contributed by atoms with Gasteiger partial charge in [-0.05, 0) is 60.7 Å². The van der Waals surface area contributed by atoms with Crippen molar-refractivity contribution in [3.63, 3.8) is 0 Å². The zero-order valence-electron chi connectivity index (χ0n) is 22.7. The van der Waals surface area contributed by atoms with Crippen LogP contribution in [0, 0.1) is 16.2 Å². The highest BCUT2D eigenvalue weighted by Gasteiger charge is 2.33. The van der Waals surface area contributed by atoms with E-state index >= 15 is 0 Å². The molecule has 1 aromatic carbocycles. The summed E-state index contributed by atoms with van der Waals surface area (Å²) in [5.74, 6) is -0.552. The molecule has 1 saturated heterocycles. The van der Waals surface area contributed by atoms with Gasteiger partial charge in [0, 0.05) is 50.1 Å². The Bertz CT molecular complexity index is 1470. The summed E-state index contributed by atoms with van der Waals surface area (Å²) in [6.07, 6.45) is -0.404. The molecular weight excluding hydrogens is 567 g/mol. The van der Waals surface area contributed by atoms with Gasteiger partial charge in [0.25, 0.3) is 5.91 Å². The maximum absolute atomic E-state index is 13.4. The Morgan fingerprint density at radius 1 is 1.14 bits per heavy atom. The number of hydrogen-bond acceptors (Lipinski definition) is 9. The third-order valence-corrected chi connectivity index (χ3v) is 7.34. The standard InChI is InChI=1S/C29H30F3N7O2S/c1-19(33)41-27(35)20-5-2-6-21(17-20)36-13-10-26(34)39(28(40)24-8-4-16-42-24)23-11-14-38(15-12-23)18-22-7-3-9-25(37-22)29(30,31)32/h2-10,13,16-17,23,33-36H,11-12,14-15,18H2,1H3/b13-10-,33-19?,34-26?,35-27?. The summed E-state index contributed by atoms with van der Waals surface area (Å²) in [6.45, 7) is 2.76. The largest absolute Gasteiger partial charge is 0.433 e. The van der Waals surface area contributed by atoms with Gasteiger partial charge in [-0.2, -0.15) is 13.2 Å². The van der Waals surface area contributed by atoms with E-state index < -0.39 is 11.9 Å². The summed E-state index contributed by atoms with van der Waals surface area (Å²) in [6, 6.07) is 13.9. The first-order chi connectivity index (χ1) is 20.0. The lowest BCUT2D eigenvalue weighted by atomic mass is 10.0. The van der Waals surface area contributed by atoms with Crippen LogP contribution < -0.4 is 5.32 Å². The van der Waals surface area contributed by atoms with Crippen molar-refractivity contribution in [2.24, 2.45) is 0 Å². The smallest absolute Gasteiger partial charge is 0.426 e. The molecule has 0 saturated carbocycles. The number of amidine groups is 1. The zero-order chi connectivity index (χ0) is 30.3. The first-order valence-electron chi connectivity index (χ1n) is 13.1. The molecule has 4 N–H and O–H groups in total. The van der Waals surface area contributed by atoms with Crippen molar-refractivity contribution >= 4 is 40.6 Å². The van der Waals surface area contributed by atoms with E-state index in [9.17, 15) is 18.0 Å². The van der Waals surface area contributed by atoms with Crippen LogP contribution in [0.3, 0.4) is 0 Å². The summed E-state index contributed by atoms with van der Waals surface area (Å²) in [7, 11) is 0. The van der Waals surface area contributed by atoms with Crippen molar-refractivity contribution in [1.82, 2.24) is 14.8 Å².